The molecule has 7 heteroatoms. The molecule has 21 heavy (non-hydrogen) atoms. The fourth-order valence-electron chi connectivity index (χ4n) is 1.86. The summed E-state index contributed by atoms with van der Waals surface area (Å²) in [4.78, 5) is 4.32. The molecule has 0 atom stereocenters. The number of hydrogen-bond acceptors (Lipinski definition) is 6. The molecular weight excluding hydrogens is 291 g/mol. The molecule has 1 aromatic carbocycles. The van der Waals surface area contributed by atoms with Crippen molar-refractivity contribution < 1.29 is 18.0 Å². The van der Waals surface area contributed by atoms with Crippen molar-refractivity contribution in [3.05, 3.63) is 30.3 Å². The number of benzene rings is 1. The molecule has 6 nitrogen and oxygen atoms in total. The van der Waals surface area contributed by atoms with Gasteiger partial charge in [-0.3, -0.25) is 4.57 Å². The summed E-state index contributed by atoms with van der Waals surface area (Å²) >= 11 is 0. The second-order valence-corrected chi connectivity index (χ2v) is 6.06. The van der Waals surface area contributed by atoms with E-state index in [1.54, 1.807) is 20.9 Å². The van der Waals surface area contributed by atoms with Crippen LogP contribution < -0.4 is 10.8 Å². The van der Waals surface area contributed by atoms with Gasteiger partial charge in [-0.25, -0.2) is 0 Å². The Morgan fingerprint density at radius 2 is 1.81 bits per heavy atom. The molecular formula is C14H19N2O4P. The minimum atomic E-state index is -3.49. The van der Waals surface area contributed by atoms with Crippen LogP contribution in [0.15, 0.2) is 34.7 Å². The zero-order valence-corrected chi connectivity index (χ0v) is 13.2. The zero-order chi connectivity index (χ0) is 15.3. The van der Waals surface area contributed by atoms with Crippen LogP contribution in [0.2, 0.25) is 0 Å². The van der Waals surface area contributed by atoms with Crippen molar-refractivity contribution in [2.45, 2.75) is 13.8 Å². The third kappa shape index (κ3) is 3.35. The fourth-order valence-corrected chi connectivity index (χ4v) is 3.48. The first-order valence-corrected chi connectivity index (χ1v) is 8.32. The number of aromatic nitrogens is 1. The highest BCUT2D eigenvalue weighted by atomic mass is 31.2. The molecule has 1 heterocycles. The minimum absolute atomic E-state index is 0.174. The highest BCUT2D eigenvalue weighted by Gasteiger charge is 2.35. The molecule has 0 aliphatic heterocycles. The number of hydrogen-bond donors (Lipinski definition) is 1. The van der Waals surface area contributed by atoms with Gasteiger partial charge in [-0.15, -0.1) is 0 Å². The Bertz CT molecular complexity index is 617. The van der Waals surface area contributed by atoms with Crippen molar-refractivity contribution in [1.82, 2.24) is 4.98 Å². The molecule has 0 fully saturated rings. The van der Waals surface area contributed by atoms with Crippen molar-refractivity contribution >= 4 is 18.9 Å². The topological polar surface area (TPSA) is 73.6 Å². The van der Waals surface area contributed by atoms with E-state index in [0.29, 0.717) is 11.8 Å². The monoisotopic (exact) mass is 310 g/mol. The highest BCUT2D eigenvalue weighted by molar-refractivity contribution is 7.62. The molecule has 0 amide bonds. The number of nitrogens with one attached hydrogen (secondary N) is 1. The highest BCUT2D eigenvalue weighted by Crippen LogP contribution is 2.49. The Hall–Kier alpha value is -1.62. The van der Waals surface area contributed by atoms with Crippen molar-refractivity contribution in [3.63, 3.8) is 0 Å². The summed E-state index contributed by atoms with van der Waals surface area (Å²) in [6, 6.07) is 9.38. The average molecular weight is 310 g/mol. The van der Waals surface area contributed by atoms with E-state index in [4.69, 9.17) is 13.5 Å². The van der Waals surface area contributed by atoms with Gasteiger partial charge in [-0.05, 0) is 26.0 Å². The average Bonchev–Trinajstić information content (AvgIpc) is 2.94. The van der Waals surface area contributed by atoms with Crippen LogP contribution in [0, 0.1) is 0 Å². The third-order valence-corrected chi connectivity index (χ3v) is 4.73. The molecule has 0 bridgehead atoms. The number of nitrogens with zero attached hydrogens (tertiary/aromatic N) is 1. The molecule has 2 rings (SSSR count). The maximum Gasteiger partial charge on any atom is 0.385 e. The zero-order valence-electron chi connectivity index (χ0n) is 12.3. The van der Waals surface area contributed by atoms with Gasteiger partial charge >= 0.3 is 7.60 Å². The molecule has 0 aliphatic carbocycles. The molecule has 0 saturated carbocycles. The van der Waals surface area contributed by atoms with Gasteiger partial charge in [-0.2, -0.15) is 4.98 Å². The van der Waals surface area contributed by atoms with E-state index in [2.05, 4.69) is 10.3 Å². The van der Waals surface area contributed by atoms with Gasteiger partial charge in [0.05, 0.1) is 13.2 Å². The van der Waals surface area contributed by atoms with Gasteiger partial charge in [0.2, 0.25) is 17.2 Å². The van der Waals surface area contributed by atoms with Crippen molar-refractivity contribution in [3.8, 4) is 11.5 Å². The van der Waals surface area contributed by atoms with Gasteiger partial charge in [0, 0.05) is 12.6 Å². The summed E-state index contributed by atoms with van der Waals surface area (Å²) in [7, 11) is -1.83. The lowest BCUT2D eigenvalue weighted by Gasteiger charge is -2.14. The standard InChI is InChI=1S/C14H19N2O4P/c1-4-18-21(17,19-5-2)14-13(15-3)20-12(16-14)11-9-7-6-8-10-11/h6-10,15H,4-5H2,1-3H3. The Labute approximate surface area is 124 Å². The molecule has 0 saturated heterocycles. The molecule has 114 valence electrons. The van der Waals surface area contributed by atoms with E-state index >= 15 is 0 Å². The van der Waals surface area contributed by atoms with Crippen molar-refractivity contribution in [2.75, 3.05) is 25.6 Å². The smallest absolute Gasteiger partial charge is 0.385 e. The summed E-state index contributed by atoms with van der Waals surface area (Å²) in [5.74, 6) is 0.661. The number of rotatable bonds is 7. The normalized spacial score (nSPS) is 11.6. The fraction of sp³-hybridized carbons (Fsp3) is 0.357. The molecule has 0 unspecified atom stereocenters. The lowest BCUT2D eigenvalue weighted by Crippen LogP contribution is -2.15. The first-order chi connectivity index (χ1) is 10.1. The molecule has 0 radical (unpaired) electrons. The summed E-state index contributed by atoms with van der Waals surface area (Å²) in [5.41, 5.74) is 0.965. The largest absolute Gasteiger partial charge is 0.420 e. The summed E-state index contributed by atoms with van der Waals surface area (Å²) < 4.78 is 29.1. The van der Waals surface area contributed by atoms with Crippen LogP contribution in [0.4, 0.5) is 5.88 Å². The molecule has 2 aromatic rings. The van der Waals surface area contributed by atoms with Gasteiger partial charge in [0.1, 0.15) is 0 Å². The van der Waals surface area contributed by atoms with Crippen LogP contribution >= 0.6 is 7.60 Å². The molecule has 0 spiro atoms. The Morgan fingerprint density at radius 3 is 2.33 bits per heavy atom. The second-order valence-electron chi connectivity index (χ2n) is 4.12. The van der Waals surface area contributed by atoms with Gasteiger partial charge in [-0.1, -0.05) is 18.2 Å². The lowest BCUT2D eigenvalue weighted by atomic mass is 10.2. The van der Waals surface area contributed by atoms with Gasteiger partial charge in [0.25, 0.3) is 0 Å². The number of oxazole rings is 1. The molecule has 1 N–H and O–H groups in total. The van der Waals surface area contributed by atoms with Crippen molar-refractivity contribution in [2.24, 2.45) is 0 Å². The second kappa shape index (κ2) is 6.89. The molecule has 1 aromatic heterocycles. The van der Waals surface area contributed by atoms with Gasteiger partial charge < -0.3 is 18.8 Å². The first-order valence-electron chi connectivity index (χ1n) is 6.78. The number of anilines is 1. The summed E-state index contributed by atoms with van der Waals surface area (Å²) in [6.45, 7) is 4.02. The van der Waals surface area contributed by atoms with E-state index in [1.165, 1.54) is 0 Å². The Morgan fingerprint density at radius 1 is 1.19 bits per heavy atom. The third-order valence-electron chi connectivity index (χ3n) is 2.71. The maximum absolute atomic E-state index is 12.8. The maximum atomic E-state index is 12.8. The Kier molecular flexibility index (Phi) is 5.17. The lowest BCUT2D eigenvalue weighted by molar-refractivity contribution is 0.229. The van der Waals surface area contributed by atoms with Crippen LogP contribution in [0.1, 0.15) is 13.8 Å². The van der Waals surface area contributed by atoms with Crippen LogP contribution in [0.25, 0.3) is 11.5 Å². The van der Waals surface area contributed by atoms with Gasteiger partial charge in [0.15, 0.2) is 0 Å². The Balaban J connectivity index is 2.48. The first kappa shape index (κ1) is 15.8. The summed E-state index contributed by atoms with van der Waals surface area (Å²) in [5, 5.41) is 2.85. The molecule has 0 aliphatic rings. The predicted molar refractivity (Wildman–Crippen MR) is 82.0 cm³/mol. The van der Waals surface area contributed by atoms with E-state index in [9.17, 15) is 4.57 Å². The van der Waals surface area contributed by atoms with Crippen molar-refractivity contribution in [1.29, 1.82) is 0 Å². The van der Waals surface area contributed by atoms with Crippen LogP contribution in [-0.4, -0.2) is 25.2 Å². The van der Waals surface area contributed by atoms with E-state index in [-0.39, 0.29) is 18.6 Å². The quantitative estimate of drug-likeness (QED) is 0.791. The van der Waals surface area contributed by atoms with E-state index in [1.807, 2.05) is 30.3 Å². The SMILES string of the molecule is CCOP(=O)(OCC)c1nc(-c2ccccc2)oc1NC. The van der Waals surface area contributed by atoms with E-state index in [0.717, 1.165) is 5.56 Å². The minimum Gasteiger partial charge on any atom is -0.420 e. The van der Waals surface area contributed by atoms with E-state index < -0.39 is 7.60 Å². The van der Waals surface area contributed by atoms with Crippen LogP contribution in [0.5, 0.6) is 0 Å². The van der Waals surface area contributed by atoms with Crippen LogP contribution in [0.3, 0.4) is 0 Å². The summed E-state index contributed by atoms with van der Waals surface area (Å²) in [6.07, 6.45) is 0. The predicted octanol–water partition coefficient (Wildman–Crippen LogP) is 3.27. The van der Waals surface area contributed by atoms with Crippen LogP contribution in [-0.2, 0) is 13.6 Å².